The lowest BCUT2D eigenvalue weighted by Crippen LogP contribution is -2.31. The average molecular weight is 244 g/mol. The van der Waals surface area contributed by atoms with Crippen LogP contribution in [0.15, 0.2) is 24.3 Å². The van der Waals surface area contributed by atoms with Crippen molar-refractivity contribution in [3.63, 3.8) is 0 Å². The fourth-order valence-electron chi connectivity index (χ4n) is 1.42. The van der Waals surface area contributed by atoms with Crippen LogP contribution in [0.5, 0.6) is 0 Å². The van der Waals surface area contributed by atoms with Gasteiger partial charge in [0.2, 0.25) is 0 Å². The van der Waals surface area contributed by atoms with Crippen molar-refractivity contribution in [1.82, 2.24) is 5.32 Å². The molecule has 1 atom stereocenters. The van der Waals surface area contributed by atoms with Crippen LogP contribution in [0.4, 0.5) is 0 Å². The third-order valence-corrected chi connectivity index (χ3v) is 2.51. The first kappa shape index (κ1) is 13.5. The Morgan fingerprint density at radius 3 is 2.81 bits per heavy atom. The van der Waals surface area contributed by atoms with Crippen LogP contribution < -0.4 is 5.32 Å². The number of ether oxygens (including phenoxy) is 2. The molecular formula is C12H18ClNO2. The van der Waals surface area contributed by atoms with E-state index in [4.69, 9.17) is 21.1 Å². The van der Waals surface area contributed by atoms with Gasteiger partial charge in [0, 0.05) is 32.3 Å². The maximum absolute atomic E-state index is 5.89. The van der Waals surface area contributed by atoms with E-state index in [2.05, 4.69) is 5.32 Å². The second-order valence-corrected chi connectivity index (χ2v) is 4.01. The number of hydrogen-bond acceptors (Lipinski definition) is 3. The zero-order valence-corrected chi connectivity index (χ0v) is 10.5. The minimum Gasteiger partial charge on any atom is -0.382 e. The lowest BCUT2D eigenvalue weighted by Gasteiger charge is -2.15. The molecule has 1 unspecified atom stereocenters. The lowest BCUT2D eigenvalue weighted by molar-refractivity contribution is 0.0288. The van der Waals surface area contributed by atoms with Gasteiger partial charge in [0.25, 0.3) is 0 Å². The second kappa shape index (κ2) is 7.63. The van der Waals surface area contributed by atoms with Crippen LogP contribution in [0.2, 0.25) is 5.02 Å². The fraction of sp³-hybridized carbons (Fsp3) is 0.500. The summed E-state index contributed by atoms with van der Waals surface area (Å²) in [5.74, 6) is 0. The van der Waals surface area contributed by atoms with E-state index >= 15 is 0 Å². The van der Waals surface area contributed by atoms with Gasteiger partial charge in [0.05, 0.1) is 12.7 Å². The largest absolute Gasteiger partial charge is 0.382 e. The summed E-state index contributed by atoms with van der Waals surface area (Å²) in [4.78, 5) is 0. The summed E-state index contributed by atoms with van der Waals surface area (Å²) < 4.78 is 10.3. The zero-order chi connectivity index (χ0) is 11.8. The summed E-state index contributed by atoms with van der Waals surface area (Å²) in [6, 6.07) is 7.81. The van der Waals surface area contributed by atoms with Crippen molar-refractivity contribution in [3.8, 4) is 0 Å². The van der Waals surface area contributed by atoms with E-state index in [1.54, 1.807) is 14.2 Å². The molecule has 0 radical (unpaired) electrons. The highest BCUT2D eigenvalue weighted by Crippen LogP contribution is 2.10. The van der Waals surface area contributed by atoms with E-state index in [-0.39, 0.29) is 6.10 Å². The van der Waals surface area contributed by atoms with E-state index in [9.17, 15) is 0 Å². The number of benzene rings is 1. The van der Waals surface area contributed by atoms with Crippen LogP contribution in [0.1, 0.15) is 5.56 Å². The minimum absolute atomic E-state index is 0.0872. The first-order chi connectivity index (χ1) is 7.76. The summed E-state index contributed by atoms with van der Waals surface area (Å²) in [5, 5.41) is 4.06. The summed E-state index contributed by atoms with van der Waals surface area (Å²) in [5.41, 5.74) is 1.17. The molecular weight excluding hydrogens is 226 g/mol. The maximum atomic E-state index is 5.89. The van der Waals surface area contributed by atoms with Crippen LogP contribution in [-0.4, -0.2) is 33.5 Å². The van der Waals surface area contributed by atoms with Crippen molar-refractivity contribution in [3.05, 3.63) is 34.9 Å². The Morgan fingerprint density at radius 2 is 2.19 bits per heavy atom. The van der Waals surface area contributed by atoms with E-state index in [0.717, 1.165) is 18.1 Å². The predicted molar refractivity (Wildman–Crippen MR) is 65.8 cm³/mol. The van der Waals surface area contributed by atoms with Gasteiger partial charge in [-0.15, -0.1) is 0 Å². The molecule has 1 aromatic carbocycles. The van der Waals surface area contributed by atoms with Gasteiger partial charge in [-0.3, -0.25) is 0 Å². The fourth-order valence-corrected chi connectivity index (χ4v) is 1.63. The summed E-state index contributed by atoms with van der Waals surface area (Å²) in [7, 11) is 3.35. The molecule has 0 amide bonds. The molecule has 16 heavy (non-hydrogen) atoms. The third-order valence-electron chi connectivity index (χ3n) is 2.28. The van der Waals surface area contributed by atoms with Crippen molar-refractivity contribution < 1.29 is 9.47 Å². The number of hydrogen-bond donors (Lipinski definition) is 1. The van der Waals surface area contributed by atoms with Gasteiger partial charge < -0.3 is 14.8 Å². The van der Waals surface area contributed by atoms with Gasteiger partial charge in [-0.2, -0.15) is 0 Å². The standard InChI is InChI=1S/C12H18ClNO2/c1-15-9-12(16-2)8-14-7-10-4-3-5-11(13)6-10/h3-6,12,14H,7-9H2,1-2H3. The van der Waals surface area contributed by atoms with Crippen molar-refractivity contribution in [2.45, 2.75) is 12.6 Å². The number of methoxy groups -OCH3 is 2. The monoisotopic (exact) mass is 243 g/mol. The smallest absolute Gasteiger partial charge is 0.0928 e. The van der Waals surface area contributed by atoms with Crippen molar-refractivity contribution in [1.29, 1.82) is 0 Å². The molecule has 1 N–H and O–H groups in total. The highest BCUT2D eigenvalue weighted by molar-refractivity contribution is 6.30. The molecule has 0 aliphatic carbocycles. The van der Waals surface area contributed by atoms with Gasteiger partial charge in [-0.25, -0.2) is 0 Å². The molecule has 0 spiro atoms. The second-order valence-electron chi connectivity index (χ2n) is 3.57. The van der Waals surface area contributed by atoms with Crippen LogP contribution in [0, 0.1) is 0 Å². The minimum atomic E-state index is 0.0872. The highest BCUT2D eigenvalue weighted by Gasteiger charge is 2.05. The molecule has 3 nitrogen and oxygen atoms in total. The number of halogens is 1. The molecule has 90 valence electrons. The Hall–Kier alpha value is -0.610. The van der Waals surface area contributed by atoms with Gasteiger partial charge in [0.15, 0.2) is 0 Å². The summed E-state index contributed by atoms with van der Waals surface area (Å²) in [6.45, 7) is 2.14. The van der Waals surface area contributed by atoms with Gasteiger partial charge in [0.1, 0.15) is 0 Å². The van der Waals surface area contributed by atoms with Crippen LogP contribution in [-0.2, 0) is 16.0 Å². The SMILES string of the molecule is COCC(CNCc1cccc(Cl)c1)OC. The molecule has 0 bridgehead atoms. The lowest BCUT2D eigenvalue weighted by atomic mass is 10.2. The third kappa shape index (κ3) is 4.94. The molecule has 0 fully saturated rings. The first-order valence-electron chi connectivity index (χ1n) is 5.23. The van der Waals surface area contributed by atoms with Gasteiger partial charge >= 0.3 is 0 Å². The number of rotatable bonds is 7. The first-order valence-corrected chi connectivity index (χ1v) is 5.61. The Labute approximate surface area is 102 Å². The molecule has 0 saturated heterocycles. The van der Waals surface area contributed by atoms with Crippen molar-refractivity contribution >= 4 is 11.6 Å². The predicted octanol–water partition coefficient (Wildman–Crippen LogP) is 2.09. The summed E-state index contributed by atoms with van der Waals surface area (Å²) >= 11 is 5.89. The summed E-state index contributed by atoms with van der Waals surface area (Å²) in [6.07, 6.45) is 0.0872. The van der Waals surface area contributed by atoms with E-state index in [0.29, 0.717) is 6.61 Å². The molecule has 4 heteroatoms. The highest BCUT2D eigenvalue weighted by atomic mass is 35.5. The van der Waals surface area contributed by atoms with E-state index in [1.807, 2.05) is 24.3 Å². The molecule has 0 saturated carbocycles. The zero-order valence-electron chi connectivity index (χ0n) is 9.70. The van der Waals surface area contributed by atoms with Gasteiger partial charge in [-0.1, -0.05) is 23.7 Å². The van der Waals surface area contributed by atoms with Crippen LogP contribution in [0.3, 0.4) is 0 Å². The Bertz CT molecular complexity index is 307. The van der Waals surface area contributed by atoms with Crippen molar-refractivity contribution in [2.24, 2.45) is 0 Å². The topological polar surface area (TPSA) is 30.5 Å². The van der Waals surface area contributed by atoms with E-state index < -0.39 is 0 Å². The Kier molecular flexibility index (Phi) is 6.42. The number of nitrogens with one attached hydrogen (secondary N) is 1. The molecule has 0 aromatic heterocycles. The normalized spacial score (nSPS) is 12.7. The molecule has 0 heterocycles. The molecule has 1 rings (SSSR count). The molecule has 0 aliphatic rings. The molecule has 1 aromatic rings. The Morgan fingerprint density at radius 1 is 1.38 bits per heavy atom. The van der Waals surface area contributed by atoms with Gasteiger partial charge in [-0.05, 0) is 17.7 Å². The quantitative estimate of drug-likeness (QED) is 0.796. The van der Waals surface area contributed by atoms with Crippen molar-refractivity contribution in [2.75, 3.05) is 27.4 Å². The van der Waals surface area contributed by atoms with Crippen LogP contribution >= 0.6 is 11.6 Å². The molecule has 0 aliphatic heterocycles. The van der Waals surface area contributed by atoms with E-state index in [1.165, 1.54) is 5.56 Å². The average Bonchev–Trinajstić information content (AvgIpc) is 2.28. The maximum Gasteiger partial charge on any atom is 0.0928 e. The Balaban J connectivity index is 2.29. The van der Waals surface area contributed by atoms with Crippen LogP contribution in [0.25, 0.3) is 0 Å².